The summed E-state index contributed by atoms with van der Waals surface area (Å²) in [6, 6.07) is 0. The Bertz CT molecular complexity index is 510. The second-order valence-electron chi connectivity index (χ2n) is 3.33. The Kier molecular flexibility index (Phi) is 3.38. The molecule has 0 aliphatic carbocycles. The molecule has 0 radical (unpaired) electrons. The van der Waals surface area contributed by atoms with Crippen LogP contribution < -0.4 is 11.1 Å². The van der Waals surface area contributed by atoms with E-state index in [9.17, 15) is 0 Å². The molecule has 7 nitrogen and oxygen atoms in total. The number of halogens is 1. The predicted molar refractivity (Wildman–Crippen MR) is 64.5 cm³/mol. The zero-order valence-corrected chi connectivity index (χ0v) is 10.0. The fourth-order valence-electron chi connectivity index (χ4n) is 1.35. The van der Waals surface area contributed by atoms with E-state index in [2.05, 4.69) is 25.5 Å². The standard InChI is InChI=1S/C9H12ClN7/c1-2-17-5-14-16-7(17)4-12-8-6(11)3-13-9(10)15-8/h3,5H,2,4,11H2,1H3,(H,12,13,15). The third-order valence-corrected chi connectivity index (χ3v) is 2.42. The molecular weight excluding hydrogens is 242 g/mol. The first-order valence-electron chi connectivity index (χ1n) is 5.09. The van der Waals surface area contributed by atoms with Gasteiger partial charge in [-0.25, -0.2) is 4.98 Å². The molecule has 90 valence electrons. The Morgan fingerprint density at radius 3 is 3.12 bits per heavy atom. The molecule has 2 heterocycles. The Morgan fingerprint density at radius 2 is 2.35 bits per heavy atom. The summed E-state index contributed by atoms with van der Waals surface area (Å²) in [5, 5.41) is 11.0. The number of anilines is 2. The average molecular weight is 254 g/mol. The monoisotopic (exact) mass is 253 g/mol. The molecule has 0 bridgehead atoms. The van der Waals surface area contributed by atoms with Crippen LogP contribution in [0.25, 0.3) is 0 Å². The maximum Gasteiger partial charge on any atom is 0.224 e. The summed E-state index contributed by atoms with van der Waals surface area (Å²) < 4.78 is 1.92. The van der Waals surface area contributed by atoms with Crippen molar-refractivity contribution in [3.05, 3.63) is 23.6 Å². The van der Waals surface area contributed by atoms with Gasteiger partial charge in [0.1, 0.15) is 6.33 Å². The first-order chi connectivity index (χ1) is 8.20. The number of aryl methyl sites for hydroxylation is 1. The fraction of sp³-hybridized carbons (Fsp3) is 0.333. The molecule has 0 atom stereocenters. The summed E-state index contributed by atoms with van der Waals surface area (Å²) in [4.78, 5) is 7.76. The lowest BCUT2D eigenvalue weighted by Gasteiger charge is -2.08. The van der Waals surface area contributed by atoms with Gasteiger partial charge in [-0.3, -0.25) is 0 Å². The lowest BCUT2D eigenvalue weighted by molar-refractivity contribution is 0.707. The second-order valence-corrected chi connectivity index (χ2v) is 3.67. The van der Waals surface area contributed by atoms with Crippen molar-refractivity contribution >= 4 is 23.1 Å². The summed E-state index contributed by atoms with van der Waals surface area (Å²) in [7, 11) is 0. The second kappa shape index (κ2) is 4.96. The van der Waals surface area contributed by atoms with E-state index in [-0.39, 0.29) is 5.28 Å². The van der Waals surface area contributed by atoms with Crippen LogP contribution in [0.15, 0.2) is 12.5 Å². The molecule has 3 N–H and O–H groups in total. The summed E-state index contributed by atoms with van der Waals surface area (Å²) in [6.45, 7) is 3.30. The lowest BCUT2D eigenvalue weighted by atomic mass is 10.4. The maximum absolute atomic E-state index is 5.71. The first kappa shape index (κ1) is 11.6. The number of nitrogens with one attached hydrogen (secondary N) is 1. The van der Waals surface area contributed by atoms with Crippen molar-refractivity contribution in [1.82, 2.24) is 24.7 Å². The quantitative estimate of drug-likeness (QED) is 0.788. The Balaban J connectivity index is 2.09. The third kappa shape index (κ3) is 2.62. The summed E-state index contributed by atoms with van der Waals surface area (Å²) in [5.74, 6) is 1.30. The topological polar surface area (TPSA) is 94.5 Å². The zero-order chi connectivity index (χ0) is 12.3. The molecule has 0 amide bonds. The Labute approximate surface area is 103 Å². The minimum atomic E-state index is 0.152. The normalized spacial score (nSPS) is 10.5. The predicted octanol–water partition coefficient (Wildman–Crippen LogP) is 0.936. The van der Waals surface area contributed by atoms with Gasteiger partial charge >= 0.3 is 0 Å². The van der Waals surface area contributed by atoms with Gasteiger partial charge in [-0.05, 0) is 18.5 Å². The van der Waals surface area contributed by atoms with Crippen LogP contribution in [0.5, 0.6) is 0 Å². The number of rotatable bonds is 4. The minimum absolute atomic E-state index is 0.152. The molecule has 2 aromatic rings. The van der Waals surface area contributed by atoms with Gasteiger partial charge in [-0.1, -0.05) is 0 Å². The van der Waals surface area contributed by atoms with Crippen LogP contribution in [0.4, 0.5) is 11.5 Å². The van der Waals surface area contributed by atoms with Crippen LogP contribution in [-0.4, -0.2) is 24.7 Å². The SMILES string of the molecule is CCn1cnnc1CNc1nc(Cl)ncc1N. The van der Waals surface area contributed by atoms with Gasteiger partial charge in [0.15, 0.2) is 11.6 Å². The Hall–Kier alpha value is -1.89. The highest BCUT2D eigenvalue weighted by Crippen LogP contribution is 2.16. The highest BCUT2D eigenvalue weighted by Gasteiger charge is 2.06. The summed E-state index contributed by atoms with van der Waals surface area (Å²) in [5.41, 5.74) is 6.15. The molecule has 0 aromatic carbocycles. The molecular formula is C9H12ClN7. The molecule has 0 saturated carbocycles. The number of nitrogens with zero attached hydrogens (tertiary/aromatic N) is 5. The molecule has 0 fully saturated rings. The highest BCUT2D eigenvalue weighted by molar-refractivity contribution is 6.28. The lowest BCUT2D eigenvalue weighted by Crippen LogP contribution is -2.10. The molecule has 2 rings (SSSR count). The smallest absolute Gasteiger partial charge is 0.224 e. The average Bonchev–Trinajstić information content (AvgIpc) is 2.77. The van der Waals surface area contributed by atoms with E-state index < -0.39 is 0 Å². The Morgan fingerprint density at radius 1 is 1.53 bits per heavy atom. The summed E-state index contributed by atoms with van der Waals surface area (Å²) >= 11 is 5.69. The van der Waals surface area contributed by atoms with Crippen molar-refractivity contribution in [2.24, 2.45) is 0 Å². The van der Waals surface area contributed by atoms with E-state index in [1.807, 2.05) is 11.5 Å². The van der Waals surface area contributed by atoms with E-state index in [0.29, 0.717) is 18.1 Å². The van der Waals surface area contributed by atoms with Gasteiger partial charge in [0.25, 0.3) is 0 Å². The van der Waals surface area contributed by atoms with Crippen molar-refractivity contribution in [2.75, 3.05) is 11.1 Å². The van der Waals surface area contributed by atoms with Crippen LogP contribution in [0, 0.1) is 0 Å². The van der Waals surface area contributed by atoms with Crippen LogP contribution in [-0.2, 0) is 13.1 Å². The molecule has 8 heteroatoms. The molecule has 0 saturated heterocycles. The van der Waals surface area contributed by atoms with E-state index in [1.54, 1.807) is 6.33 Å². The number of hydrogen-bond donors (Lipinski definition) is 2. The molecule has 0 unspecified atom stereocenters. The molecule has 0 aliphatic heterocycles. The van der Waals surface area contributed by atoms with Crippen molar-refractivity contribution in [1.29, 1.82) is 0 Å². The van der Waals surface area contributed by atoms with Crippen LogP contribution >= 0.6 is 11.6 Å². The van der Waals surface area contributed by atoms with Crippen LogP contribution in [0.3, 0.4) is 0 Å². The van der Waals surface area contributed by atoms with Crippen molar-refractivity contribution < 1.29 is 0 Å². The van der Waals surface area contributed by atoms with E-state index in [4.69, 9.17) is 17.3 Å². The highest BCUT2D eigenvalue weighted by atomic mass is 35.5. The van der Waals surface area contributed by atoms with Crippen molar-refractivity contribution in [3.63, 3.8) is 0 Å². The number of hydrogen-bond acceptors (Lipinski definition) is 6. The summed E-state index contributed by atoms with van der Waals surface area (Å²) in [6.07, 6.45) is 3.13. The van der Waals surface area contributed by atoms with Crippen molar-refractivity contribution in [2.45, 2.75) is 20.0 Å². The van der Waals surface area contributed by atoms with E-state index in [1.165, 1.54) is 6.20 Å². The van der Waals surface area contributed by atoms with Gasteiger partial charge in [0.2, 0.25) is 5.28 Å². The van der Waals surface area contributed by atoms with Crippen LogP contribution in [0.2, 0.25) is 5.28 Å². The van der Waals surface area contributed by atoms with Crippen LogP contribution in [0.1, 0.15) is 12.7 Å². The van der Waals surface area contributed by atoms with Gasteiger partial charge in [0, 0.05) is 6.54 Å². The third-order valence-electron chi connectivity index (χ3n) is 2.24. The molecule has 0 spiro atoms. The number of nitrogen functional groups attached to an aromatic ring is 1. The first-order valence-corrected chi connectivity index (χ1v) is 5.47. The molecule has 0 aliphatic rings. The largest absolute Gasteiger partial charge is 0.394 e. The molecule has 17 heavy (non-hydrogen) atoms. The van der Waals surface area contributed by atoms with E-state index in [0.717, 1.165) is 12.4 Å². The van der Waals surface area contributed by atoms with Gasteiger partial charge < -0.3 is 15.6 Å². The van der Waals surface area contributed by atoms with E-state index >= 15 is 0 Å². The van der Waals surface area contributed by atoms with Gasteiger partial charge in [-0.2, -0.15) is 4.98 Å². The number of nitrogens with two attached hydrogens (primary N) is 1. The van der Waals surface area contributed by atoms with Crippen molar-refractivity contribution in [3.8, 4) is 0 Å². The zero-order valence-electron chi connectivity index (χ0n) is 9.26. The van der Waals surface area contributed by atoms with Gasteiger partial charge in [0.05, 0.1) is 18.4 Å². The van der Waals surface area contributed by atoms with Gasteiger partial charge in [-0.15, -0.1) is 10.2 Å². The fourth-order valence-corrected chi connectivity index (χ4v) is 1.49. The maximum atomic E-state index is 5.71. The minimum Gasteiger partial charge on any atom is -0.394 e. The number of aromatic nitrogens is 5. The molecule has 2 aromatic heterocycles.